The molecule has 0 aromatic heterocycles. The summed E-state index contributed by atoms with van der Waals surface area (Å²) in [7, 11) is -3.32. The molecule has 9 nitrogen and oxygen atoms in total. The van der Waals surface area contributed by atoms with Crippen molar-refractivity contribution in [2.75, 3.05) is 5.75 Å². The third kappa shape index (κ3) is 4.95. The van der Waals surface area contributed by atoms with Crippen molar-refractivity contribution in [3.63, 3.8) is 0 Å². The van der Waals surface area contributed by atoms with Crippen molar-refractivity contribution in [2.24, 2.45) is 5.73 Å². The highest BCUT2D eigenvalue weighted by molar-refractivity contribution is 7.94. The third-order valence-corrected chi connectivity index (χ3v) is 3.65. The van der Waals surface area contributed by atoms with Gasteiger partial charge in [0.05, 0.1) is 18.2 Å². The zero-order chi connectivity index (χ0) is 14.6. The molecule has 0 aromatic carbocycles. The topological polar surface area (TPSA) is 156 Å². The van der Waals surface area contributed by atoms with Gasteiger partial charge in [-0.05, 0) is 6.08 Å². The smallest absolute Gasteiger partial charge is 0.326 e. The number of rotatable bonds is 5. The van der Waals surface area contributed by atoms with Crippen LogP contribution in [0.4, 0.5) is 4.79 Å². The summed E-state index contributed by atoms with van der Waals surface area (Å²) in [6, 6.07) is -3.08. The van der Waals surface area contributed by atoms with Crippen LogP contribution < -0.4 is 16.4 Å². The molecule has 3 amide bonds. The zero-order valence-corrected chi connectivity index (χ0v) is 10.5. The molecule has 1 aliphatic rings. The van der Waals surface area contributed by atoms with Gasteiger partial charge in [0.1, 0.15) is 6.04 Å². The molecule has 1 aliphatic heterocycles. The van der Waals surface area contributed by atoms with Gasteiger partial charge in [-0.1, -0.05) is 0 Å². The van der Waals surface area contributed by atoms with E-state index in [1.807, 2.05) is 5.32 Å². The van der Waals surface area contributed by atoms with Gasteiger partial charge in [-0.3, -0.25) is 4.79 Å². The van der Waals surface area contributed by atoms with E-state index in [4.69, 9.17) is 10.8 Å². The molecule has 19 heavy (non-hydrogen) atoms. The Morgan fingerprint density at radius 3 is 2.47 bits per heavy atom. The van der Waals surface area contributed by atoms with E-state index in [1.54, 1.807) is 0 Å². The molecule has 2 atom stereocenters. The number of nitrogens with one attached hydrogen (secondary N) is 2. The highest BCUT2D eigenvalue weighted by Crippen LogP contribution is 2.07. The number of urea groups is 1. The molecule has 0 saturated carbocycles. The Morgan fingerprint density at radius 1 is 1.42 bits per heavy atom. The van der Waals surface area contributed by atoms with Crippen molar-refractivity contribution in [1.29, 1.82) is 0 Å². The molecule has 0 radical (unpaired) electrons. The van der Waals surface area contributed by atoms with Crippen LogP contribution in [-0.2, 0) is 19.4 Å². The van der Waals surface area contributed by atoms with Crippen LogP contribution in [0.15, 0.2) is 11.5 Å². The molecule has 1 unspecified atom stereocenters. The second-order valence-corrected chi connectivity index (χ2v) is 5.87. The van der Waals surface area contributed by atoms with Gasteiger partial charge in [-0.15, -0.1) is 0 Å². The van der Waals surface area contributed by atoms with Gasteiger partial charge in [0, 0.05) is 5.41 Å². The number of carbonyl (C=O) groups is 3. The van der Waals surface area contributed by atoms with E-state index in [0.29, 0.717) is 0 Å². The average molecular weight is 291 g/mol. The Morgan fingerprint density at radius 2 is 2.05 bits per heavy atom. The minimum atomic E-state index is -3.32. The number of aliphatic carboxylic acids is 1. The second kappa shape index (κ2) is 5.69. The molecule has 0 aromatic rings. The standard InChI is InChI=1S/C9H13N3O6S/c10-7(13)3-6(8(14)15)12-9(16)11-5-1-2-19(17,18)4-5/h1-2,5-6H,3-4H2,(H2,10,13)(H,14,15)(H2,11,12,16)/t5?,6-/m1/s1. The Balaban J connectivity index is 2.52. The van der Waals surface area contributed by atoms with Crippen LogP contribution in [0.2, 0.25) is 0 Å². The van der Waals surface area contributed by atoms with E-state index >= 15 is 0 Å². The summed E-state index contributed by atoms with van der Waals surface area (Å²) < 4.78 is 22.2. The normalized spacial score (nSPS) is 21.6. The lowest BCUT2D eigenvalue weighted by Gasteiger charge is -2.15. The lowest BCUT2D eigenvalue weighted by molar-refractivity contribution is -0.140. The van der Waals surface area contributed by atoms with Crippen molar-refractivity contribution in [3.05, 3.63) is 11.5 Å². The molecular formula is C9H13N3O6S. The summed E-state index contributed by atoms with van der Waals surface area (Å²) in [4.78, 5) is 32.8. The SMILES string of the molecule is NC(=O)C[C@@H](NC(=O)NC1C=CS(=O)(=O)C1)C(=O)O. The van der Waals surface area contributed by atoms with Gasteiger partial charge >= 0.3 is 12.0 Å². The Bertz CT molecular complexity index is 526. The van der Waals surface area contributed by atoms with Gasteiger partial charge in [-0.2, -0.15) is 0 Å². The van der Waals surface area contributed by atoms with Crippen molar-refractivity contribution in [3.8, 4) is 0 Å². The summed E-state index contributed by atoms with van der Waals surface area (Å²) in [6.45, 7) is 0. The van der Waals surface area contributed by atoms with Crippen molar-refractivity contribution < 1.29 is 27.9 Å². The maximum Gasteiger partial charge on any atom is 0.326 e. The summed E-state index contributed by atoms with van der Waals surface area (Å²) >= 11 is 0. The molecule has 0 fully saturated rings. The molecule has 0 saturated heterocycles. The van der Waals surface area contributed by atoms with Crippen LogP contribution in [-0.4, -0.2) is 49.3 Å². The first kappa shape index (κ1) is 15.0. The minimum Gasteiger partial charge on any atom is -0.480 e. The van der Waals surface area contributed by atoms with Crippen LogP contribution in [0.1, 0.15) is 6.42 Å². The lowest BCUT2D eigenvalue weighted by atomic mass is 10.2. The fraction of sp³-hybridized carbons (Fsp3) is 0.444. The van der Waals surface area contributed by atoms with Crippen molar-refractivity contribution in [1.82, 2.24) is 10.6 Å². The predicted octanol–water partition coefficient (Wildman–Crippen LogP) is -2.08. The molecule has 1 heterocycles. The van der Waals surface area contributed by atoms with E-state index < -0.39 is 46.2 Å². The van der Waals surface area contributed by atoms with Crippen molar-refractivity contribution in [2.45, 2.75) is 18.5 Å². The molecule has 1 rings (SSSR count). The lowest BCUT2D eigenvalue weighted by Crippen LogP contribution is -2.50. The third-order valence-electron chi connectivity index (χ3n) is 2.26. The Hall–Kier alpha value is -2.10. The quantitative estimate of drug-likeness (QED) is 0.455. The van der Waals surface area contributed by atoms with Gasteiger partial charge < -0.3 is 21.5 Å². The maximum atomic E-state index is 11.4. The molecule has 10 heteroatoms. The van der Waals surface area contributed by atoms with Crippen LogP contribution in [0.5, 0.6) is 0 Å². The monoisotopic (exact) mass is 291 g/mol. The van der Waals surface area contributed by atoms with Gasteiger partial charge in [0.15, 0.2) is 9.84 Å². The Kier molecular flexibility index (Phi) is 4.48. The van der Waals surface area contributed by atoms with E-state index in [1.165, 1.54) is 6.08 Å². The number of hydrogen-bond donors (Lipinski definition) is 4. The summed E-state index contributed by atoms with van der Waals surface area (Å²) in [6.07, 6.45) is 0.723. The largest absolute Gasteiger partial charge is 0.480 e. The number of carboxylic acids is 1. The molecule has 0 aliphatic carbocycles. The molecule has 0 bridgehead atoms. The predicted molar refractivity (Wildman–Crippen MR) is 63.6 cm³/mol. The second-order valence-electron chi connectivity index (χ2n) is 3.94. The fourth-order valence-corrected chi connectivity index (χ4v) is 2.67. The van der Waals surface area contributed by atoms with E-state index in [-0.39, 0.29) is 5.75 Å². The summed E-state index contributed by atoms with van der Waals surface area (Å²) in [5.41, 5.74) is 4.84. The summed E-state index contributed by atoms with van der Waals surface area (Å²) in [5, 5.41) is 14.0. The van der Waals surface area contributed by atoms with Gasteiger partial charge in [-0.25, -0.2) is 18.0 Å². The number of primary amides is 1. The average Bonchev–Trinajstić information content (AvgIpc) is 2.56. The molecular weight excluding hydrogens is 278 g/mol. The van der Waals surface area contributed by atoms with Crippen molar-refractivity contribution >= 4 is 27.7 Å². The van der Waals surface area contributed by atoms with E-state index in [9.17, 15) is 22.8 Å². The number of carbonyl (C=O) groups excluding carboxylic acids is 2. The van der Waals surface area contributed by atoms with Gasteiger partial charge in [0.25, 0.3) is 0 Å². The Labute approximate surface area is 108 Å². The van der Waals surface area contributed by atoms with Crippen LogP contribution in [0.3, 0.4) is 0 Å². The van der Waals surface area contributed by atoms with Gasteiger partial charge in [0.2, 0.25) is 5.91 Å². The van der Waals surface area contributed by atoms with E-state index in [0.717, 1.165) is 5.41 Å². The molecule has 5 N–H and O–H groups in total. The maximum absolute atomic E-state index is 11.4. The number of hydrogen-bond acceptors (Lipinski definition) is 5. The van der Waals surface area contributed by atoms with E-state index in [2.05, 4.69) is 5.32 Å². The first-order valence-corrected chi connectivity index (χ1v) is 6.90. The highest BCUT2D eigenvalue weighted by atomic mass is 32.2. The molecule has 0 spiro atoms. The van der Waals surface area contributed by atoms with Crippen LogP contribution in [0.25, 0.3) is 0 Å². The zero-order valence-electron chi connectivity index (χ0n) is 9.70. The summed E-state index contributed by atoms with van der Waals surface area (Å²) in [5.74, 6) is -2.58. The van der Waals surface area contributed by atoms with Crippen LogP contribution in [0, 0.1) is 0 Å². The molecule has 106 valence electrons. The minimum absolute atomic E-state index is 0.284. The van der Waals surface area contributed by atoms with Crippen LogP contribution >= 0.6 is 0 Å². The number of carboxylic acid groups (broad SMARTS) is 1. The first-order valence-electron chi connectivity index (χ1n) is 5.19. The fourth-order valence-electron chi connectivity index (χ4n) is 1.44. The highest BCUT2D eigenvalue weighted by Gasteiger charge is 2.26. The number of nitrogens with two attached hydrogens (primary N) is 1. The number of amides is 3. The number of sulfone groups is 1. The first-order chi connectivity index (χ1) is 8.69.